The molecule has 1 aromatic rings. The zero-order chi connectivity index (χ0) is 12.1. The smallest absolute Gasteiger partial charge is 0.347 e. The zero-order valence-corrected chi connectivity index (χ0v) is 10.8. The second-order valence-electron chi connectivity index (χ2n) is 4.03. The summed E-state index contributed by atoms with van der Waals surface area (Å²) in [6, 6.07) is 0. The van der Waals surface area contributed by atoms with Crippen molar-refractivity contribution < 1.29 is 9.90 Å². The number of carboxylic acids is 1. The van der Waals surface area contributed by atoms with Crippen LogP contribution in [0.15, 0.2) is 0 Å². The molecule has 1 rings (SSSR count). The molecule has 16 heavy (non-hydrogen) atoms. The van der Waals surface area contributed by atoms with Gasteiger partial charge in [0, 0.05) is 6.54 Å². The summed E-state index contributed by atoms with van der Waals surface area (Å²) in [6.45, 7) is 2.80. The van der Waals surface area contributed by atoms with Crippen LogP contribution in [0, 0.1) is 0 Å². The third-order valence-electron chi connectivity index (χ3n) is 2.15. The van der Waals surface area contributed by atoms with Crippen LogP contribution >= 0.6 is 11.3 Å². The summed E-state index contributed by atoms with van der Waals surface area (Å²) in [5.41, 5.74) is 0.746. The molecule has 0 atom stereocenters. The molecule has 0 spiro atoms. The van der Waals surface area contributed by atoms with Crippen molar-refractivity contribution >= 4 is 17.3 Å². The summed E-state index contributed by atoms with van der Waals surface area (Å²) in [5, 5.41) is 9.95. The van der Waals surface area contributed by atoms with E-state index in [2.05, 4.69) is 11.9 Å². The van der Waals surface area contributed by atoms with Crippen molar-refractivity contribution in [2.24, 2.45) is 0 Å². The lowest BCUT2D eigenvalue weighted by Gasteiger charge is -2.04. The number of aromatic carboxylic acids is 1. The lowest BCUT2D eigenvalue weighted by atomic mass is 10.2. The fourth-order valence-corrected chi connectivity index (χ4v) is 2.49. The van der Waals surface area contributed by atoms with E-state index < -0.39 is 5.97 Å². The van der Waals surface area contributed by atoms with Crippen LogP contribution in [0.3, 0.4) is 0 Å². The molecule has 0 aliphatic rings. The van der Waals surface area contributed by atoms with Crippen LogP contribution in [-0.2, 0) is 13.0 Å². The summed E-state index contributed by atoms with van der Waals surface area (Å²) in [7, 11) is 3.90. The highest BCUT2D eigenvalue weighted by Crippen LogP contribution is 2.21. The quantitative estimate of drug-likeness (QED) is 0.831. The topological polar surface area (TPSA) is 53.4 Å². The van der Waals surface area contributed by atoms with Gasteiger partial charge in [-0.25, -0.2) is 9.78 Å². The predicted octanol–water partition coefficient (Wildman–Crippen LogP) is 2.25. The second-order valence-corrected chi connectivity index (χ2v) is 5.11. The first-order valence-corrected chi connectivity index (χ1v) is 6.22. The SMILES string of the molecule is CCCCc1nc(CN(C)C)sc1C(=O)O. The van der Waals surface area contributed by atoms with Crippen molar-refractivity contribution in [2.75, 3.05) is 14.1 Å². The lowest BCUT2D eigenvalue weighted by molar-refractivity contribution is 0.0700. The van der Waals surface area contributed by atoms with Crippen molar-refractivity contribution in [1.29, 1.82) is 0 Å². The number of rotatable bonds is 6. The number of unbranched alkanes of at least 4 members (excludes halogenated alkanes) is 1. The van der Waals surface area contributed by atoms with Gasteiger partial charge >= 0.3 is 5.97 Å². The fourth-order valence-electron chi connectivity index (χ4n) is 1.42. The minimum atomic E-state index is -0.853. The number of hydrogen-bond acceptors (Lipinski definition) is 4. The normalized spacial score (nSPS) is 11.0. The van der Waals surface area contributed by atoms with Gasteiger partial charge in [-0.2, -0.15) is 0 Å². The minimum absolute atomic E-state index is 0.408. The molecule has 0 unspecified atom stereocenters. The van der Waals surface area contributed by atoms with E-state index in [1.165, 1.54) is 11.3 Å². The van der Waals surface area contributed by atoms with Crippen molar-refractivity contribution in [1.82, 2.24) is 9.88 Å². The lowest BCUT2D eigenvalue weighted by Crippen LogP contribution is -2.10. The van der Waals surface area contributed by atoms with Gasteiger partial charge in [-0.15, -0.1) is 11.3 Å². The molecular weight excluding hydrogens is 224 g/mol. The van der Waals surface area contributed by atoms with Gasteiger partial charge in [0.05, 0.1) is 5.69 Å². The van der Waals surface area contributed by atoms with Crippen LogP contribution < -0.4 is 0 Å². The van der Waals surface area contributed by atoms with Gasteiger partial charge in [-0.3, -0.25) is 0 Å². The number of thiazole rings is 1. The zero-order valence-electron chi connectivity index (χ0n) is 9.99. The third kappa shape index (κ3) is 3.57. The van der Waals surface area contributed by atoms with Crippen molar-refractivity contribution in [3.05, 3.63) is 15.6 Å². The summed E-state index contributed by atoms with van der Waals surface area (Å²) in [6.07, 6.45) is 2.81. The van der Waals surface area contributed by atoms with Crippen LogP contribution in [0.1, 0.15) is 40.1 Å². The first-order chi connectivity index (χ1) is 7.54. The molecule has 0 bridgehead atoms. The van der Waals surface area contributed by atoms with E-state index in [0.29, 0.717) is 11.4 Å². The molecular formula is C11H18N2O2S. The van der Waals surface area contributed by atoms with E-state index in [1.807, 2.05) is 19.0 Å². The molecule has 0 radical (unpaired) electrons. The molecule has 4 nitrogen and oxygen atoms in total. The average molecular weight is 242 g/mol. The summed E-state index contributed by atoms with van der Waals surface area (Å²) in [5.74, 6) is -0.853. The van der Waals surface area contributed by atoms with Crippen LogP contribution in [0.25, 0.3) is 0 Å². The van der Waals surface area contributed by atoms with E-state index >= 15 is 0 Å². The van der Waals surface area contributed by atoms with Crippen LogP contribution in [0.2, 0.25) is 0 Å². The Kier molecular flexibility index (Phi) is 4.89. The Morgan fingerprint density at radius 1 is 1.50 bits per heavy atom. The van der Waals surface area contributed by atoms with Gasteiger partial charge in [-0.1, -0.05) is 13.3 Å². The van der Waals surface area contributed by atoms with Crippen LogP contribution in [-0.4, -0.2) is 35.1 Å². The molecule has 0 aromatic carbocycles. The Balaban J connectivity index is 2.86. The molecule has 0 saturated carbocycles. The maximum Gasteiger partial charge on any atom is 0.347 e. The summed E-state index contributed by atoms with van der Waals surface area (Å²) >= 11 is 1.29. The monoisotopic (exact) mass is 242 g/mol. The number of nitrogens with zero attached hydrogens (tertiary/aromatic N) is 2. The maximum absolute atomic E-state index is 11.0. The standard InChI is InChI=1S/C11H18N2O2S/c1-4-5-6-8-10(11(14)15)16-9(12-8)7-13(2)3/h4-7H2,1-3H3,(H,14,15). The molecule has 1 aromatic heterocycles. The first kappa shape index (κ1) is 13.1. The molecule has 90 valence electrons. The average Bonchev–Trinajstić information content (AvgIpc) is 2.57. The largest absolute Gasteiger partial charge is 0.477 e. The number of hydrogen-bond donors (Lipinski definition) is 1. The third-order valence-corrected chi connectivity index (χ3v) is 3.22. The molecule has 1 heterocycles. The van der Waals surface area contributed by atoms with E-state index in [1.54, 1.807) is 0 Å². The van der Waals surface area contributed by atoms with Crippen molar-refractivity contribution in [2.45, 2.75) is 32.7 Å². The predicted molar refractivity (Wildman–Crippen MR) is 65.1 cm³/mol. The fraction of sp³-hybridized carbons (Fsp3) is 0.636. The van der Waals surface area contributed by atoms with E-state index in [9.17, 15) is 4.79 Å². The van der Waals surface area contributed by atoms with Gasteiger partial charge in [0.15, 0.2) is 0 Å². The maximum atomic E-state index is 11.0. The van der Waals surface area contributed by atoms with Gasteiger partial charge < -0.3 is 10.0 Å². The molecule has 0 aliphatic heterocycles. The van der Waals surface area contributed by atoms with E-state index in [0.717, 1.165) is 30.0 Å². The van der Waals surface area contributed by atoms with E-state index in [-0.39, 0.29) is 0 Å². The molecule has 1 N–H and O–H groups in total. The minimum Gasteiger partial charge on any atom is -0.477 e. The Morgan fingerprint density at radius 3 is 2.69 bits per heavy atom. The molecule has 0 saturated heterocycles. The molecule has 0 amide bonds. The Hall–Kier alpha value is -0.940. The number of aryl methyl sites for hydroxylation is 1. The highest BCUT2D eigenvalue weighted by molar-refractivity contribution is 7.13. The number of aromatic nitrogens is 1. The highest BCUT2D eigenvalue weighted by Gasteiger charge is 2.16. The van der Waals surface area contributed by atoms with E-state index in [4.69, 9.17) is 5.11 Å². The molecule has 0 fully saturated rings. The number of carboxylic acid groups (broad SMARTS) is 1. The van der Waals surface area contributed by atoms with Gasteiger partial charge in [0.25, 0.3) is 0 Å². The molecule has 5 heteroatoms. The van der Waals surface area contributed by atoms with Crippen LogP contribution in [0.4, 0.5) is 0 Å². The van der Waals surface area contributed by atoms with Crippen LogP contribution in [0.5, 0.6) is 0 Å². The van der Waals surface area contributed by atoms with Gasteiger partial charge in [-0.05, 0) is 26.9 Å². The summed E-state index contributed by atoms with van der Waals surface area (Å²) < 4.78 is 0. The van der Waals surface area contributed by atoms with Crippen molar-refractivity contribution in [3.63, 3.8) is 0 Å². The van der Waals surface area contributed by atoms with Crippen molar-refractivity contribution in [3.8, 4) is 0 Å². The Labute approximate surface area is 99.9 Å². The van der Waals surface area contributed by atoms with Gasteiger partial charge in [0.2, 0.25) is 0 Å². The Bertz CT molecular complexity index is 361. The summed E-state index contributed by atoms with van der Waals surface area (Å²) in [4.78, 5) is 17.8. The molecule has 0 aliphatic carbocycles. The second kappa shape index (κ2) is 5.96. The number of carbonyl (C=O) groups is 1. The highest BCUT2D eigenvalue weighted by atomic mass is 32.1. The van der Waals surface area contributed by atoms with Gasteiger partial charge in [0.1, 0.15) is 9.88 Å². The Morgan fingerprint density at radius 2 is 2.19 bits per heavy atom. The first-order valence-electron chi connectivity index (χ1n) is 5.41.